The molecule has 18 heavy (non-hydrogen) atoms. The van der Waals surface area contributed by atoms with Crippen molar-refractivity contribution in [1.82, 2.24) is 4.98 Å². The van der Waals surface area contributed by atoms with Crippen LogP contribution in [0.15, 0.2) is 12.1 Å². The van der Waals surface area contributed by atoms with Crippen molar-refractivity contribution in [3.8, 4) is 0 Å². The Kier molecular flexibility index (Phi) is 4.33. The van der Waals surface area contributed by atoms with E-state index in [1.165, 1.54) is 25.7 Å². The molecule has 0 amide bonds. The second-order valence-electron chi connectivity index (χ2n) is 5.51. The van der Waals surface area contributed by atoms with Crippen LogP contribution in [-0.2, 0) is 0 Å². The van der Waals surface area contributed by atoms with E-state index in [0.717, 1.165) is 5.82 Å². The number of nitrogens with two attached hydrogens (primary N) is 1. The molecule has 1 aliphatic carbocycles. The van der Waals surface area contributed by atoms with E-state index < -0.39 is 0 Å². The van der Waals surface area contributed by atoms with Crippen molar-refractivity contribution in [2.24, 2.45) is 11.8 Å². The summed E-state index contributed by atoms with van der Waals surface area (Å²) in [6.45, 7) is 4.58. The van der Waals surface area contributed by atoms with Crippen LogP contribution in [0.4, 0.5) is 11.5 Å². The van der Waals surface area contributed by atoms with Crippen LogP contribution in [0.2, 0.25) is 5.15 Å². The number of nitrogen functional groups attached to an aromatic ring is 1. The average Bonchev–Trinajstić information content (AvgIpc) is 2.34. The maximum Gasteiger partial charge on any atom is 0.151 e. The van der Waals surface area contributed by atoms with Gasteiger partial charge in [0.05, 0.1) is 5.69 Å². The Bertz CT molecular complexity index is 406. The van der Waals surface area contributed by atoms with E-state index in [1.54, 1.807) is 6.07 Å². The molecule has 2 atom stereocenters. The van der Waals surface area contributed by atoms with Gasteiger partial charge in [0.25, 0.3) is 0 Å². The van der Waals surface area contributed by atoms with Crippen molar-refractivity contribution < 1.29 is 0 Å². The van der Waals surface area contributed by atoms with Crippen LogP contribution in [0.1, 0.15) is 39.5 Å². The second kappa shape index (κ2) is 5.79. The van der Waals surface area contributed by atoms with Gasteiger partial charge in [0.15, 0.2) is 5.82 Å². The van der Waals surface area contributed by atoms with E-state index in [1.807, 2.05) is 6.07 Å². The first-order chi connectivity index (χ1) is 8.58. The second-order valence-corrected chi connectivity index (χ2v) is 5.90. The van der Waals surface area contributed by atoms with Gasteiger partial charge in [-0.05, 0) is 36.8 Å². The summed E-state index contributed by atoms with van der Waals surface area (Å²) in [6.07, 6.45) is 5.09. The van der Waals surface area contributed by atoms with Gasteiger partial charge in [-0.2, -0.15) is 0 Å². The minimum absolute atomic E-state index is 0.465. The fourth-order valence-electron chi connectivity index (χ4n) is 2.87. The summed E-state index contributed by atoms with van der Waals surface area (Å²) in [7, 11) is 0. The van der Waals surface area contributed by atoms with Gasteiger partial charge in [0.1, 0.15) is 5.15 Å². The maximum absolute atomic E-state index is 5.94. The first kappa shape index (κ1) is 13.5. The fraction of sp³-hybridized carbons (Fsp3) is 0.643. The molecule has 2 unspecified atom stereocenters. The summed E-state index contributed by atoms with van der Waals surface area (Å²) in [5.41, 5.74) is 6.62. The number of anilines is 2. The molecular formula is C14H22ClN3. The highest BCUT2D eigenvalue weighted by atomic mass is 35.5. The first-order valence-electron chi connectivity index (χ1n) is 6.76. The van der Waals surface area contributed by atoms with Gasteiger partial charge in [-0.1, -0.05) is 38.3 Å². The molecule has 1 aromatic rings. The van der Waals surface area contributed by atoms with Gasteiger partial charge in [-0.15, -0.1) is 0 Å². The summed E-state index contributed by atoms with van der Waals surface area (Å²) in [5, 5.41) is 3.99. The molecule has 3 nitrogen and oxygen atoms in total. The molecule has 1 heterocycles. The van der Waals surface area contributed by atoms with Crippen LogP contribution < -0.4 is 11.1 Å². The minimum Gasteiger partial charge on any atom is -0.396 e. The van der Waals surface area contributed by atoms with Gasteiger partial charge in [-0.25, -0.2) is 4.98 Å². The summed E-state index contributed by atoms with van der Waals surface area (Å²) in [5.74, 6) is 2.11. The lowest BCUT2D eigenvalue weighted by Crippen LogP contribution is -2.35. The Morgan fingerprint density at radius 2 is 2.06 bits per heavy atom. The average molecular weight is 268 g/mol. The smallest absolute Gasteiger partial charge is 0.151 e. The van der Waals surface area contributed by atoms with Crippen molar-refractivity contribution in [2.75, 3.05) is 11.1 Å². The molecule has 1 saturated carbocycles. The van der Waals surface area contributed by atoms with Gasteiger partial charge in [0, 0.05) is 6.04 Å². The summed E-state index contributed by atoms with van der Waals surface area (Å²) in [6, 6.07) is 4.00. The van der Waals surface area contributed by atoms with Gasteiger partial charge >= 0.3 is 0 Å². The van der Waals surface area contributed by atoms with E-state index in [4.69, 9.17) is 17.3 Å². The van der Waals surface area contributed by atoms with Crippen molar-refractivity contribution in [3.63, 3.8) is 0 Å². The molecule has 0 spiro atoms. The molecule has 4 heteroatoms. The highest BCUT2D eigenvalue weighted by Gasteiger charge is 2.28. The zero-order chi connectivity index (χ0) is 13.1. The Hall–Kier alpha value is -0.960. The number of halogens is 1. The van der Waals surface area contributed by atoms with Crippen LogP contribution in [0, 0.1) is 11.8 Å². The largest absolute Gasteiger partial charge is 0.396 e. The normalized spacial score (nSPS) is 24.2. The molecule has 1 aromatic heterocycles. The van der Waals surface area contributed by atoms with Crippen molar-refractivity contribution in [2.45, 2.75) is 45.6 Å². The maximum atomic E-state index is 5.94. The number of aromatic nitrogens is 1. The third kappa shape index (κ3) is 3.08. The van der Waals surface area contributed by atoms with E-state index in [-0.39, 0.29) is 0 Å². The number of rotatable bonds is 3. The molecular weight excluding hydrogens is 246 g/mol. The SMILES string of the molecule is CC(C)C1CCCCC1Nc1nc(Cl)ccc1N. The van der Waals surface area contributed by atoms with Crippen molar-refractivity contribution in [1.29, 1.82) is 0 Å². The molecule has 0 bridgehead atoms. The zero-order valence-corrected chi connectivity index (χ0v) is 11.9. The lowest BCUT2D eigenvalue weighted by Gasteiger charge is -2.35. The van der Waals surface area contributed by atoms with Gasteiger partial charge in [0.2, 0.25) is 0 Å². The monoisotopic (exact) mass is 267 g/mol. The molecule has 1 fully saturated rings. The number of hydrogen-bond donors (Lipinski definition) is 2. The number of hydrogen-bond acceptors (Lipinski definition) is 3. The highest BCUT2D eigenvalue weighted by molar-refractivity contribution is 6.29. The zero-order valence-electron chi connectivity index (χ0n) is 11.1. The van der Waals surface area contributed by atoms with Crippen molar-refractivity contribution >= 4 is 23.1 Å². The topological polar surface area (TPSA) is 50.9 Å². The third-order valence-corrected chi connectivity index (χ3v) is 4.10. The predicted octanol–water partition coefficient (Wildman–Crippen LogP) is 3.94. The standard InChI is InChI=1S/C14H22ClN3/c1-9(2)10-5-3-4-6-12(10)17-14-11(16)7-8-13(15)18-14/h7-10,12H,3-6,16H2,1-2H3,(H,17,18). The quantitative estimate of drug-likeness (QED) is 0.816. The Morgan fingerprint density at radius 1 is 1.33 bits per heavy atom. The number of pyridine rings is 1. The van der Waals surface area contributed by atoms with Gasteiger partial charge < -0.3 is 11.1 Å². The van der Waals surface area contributed by atoms with E-state index in [2.05, 4.69) is 24.1 Å². The summed E-state index contributed by atoms with van der Waals surface area (Å²) in [4.78, 5) is 4.29. The molecule has 3 N–H and O–H groups in total. The van der Waals surface area contributed by atoms with Crippen LogP contribution in [0.3, 0.4) is 0 Å². The highest BCUT2D eigenvalue weighted by Crippen LogP contribution is 2.33. The molecule has 2 rings (SSSR count). The number of nitrogens with zero attached hydrogens (tertiary/aromatic N) is 1. The van der Waals surface area contributed by atoms with Crippen LogP contribution in [0.5, 0.6) is 0 Å². The Morgan fingerprint density at radius 3 is 2.78 bits per heavy atom. The van der Waals surface area contributed by atoms with Gasteiger partial charge in [-0.3, -0.25) is 0 Å². The Balaban J connectivity index is 2.13. The molecule has 0 aliphatic heterocycles. The third-order valence-electron chi connectivity index (χ3n) is 3.89. The lowest BCUT2D eigenvalue weighted by molar-refractivity contribution is 0.253. The summed E-state index contributed by atoms with van der Waals surface area (Å²) >= 11 is 5.93. The van der Waals surface area contributed by atoms with E-state index >= 15 is 0 Å². The van der Waals surface area contributed by atoms with E-state index in [9.17, 15) is 0 Å². The lowest BCUT2D eigenvalue weighted by atomic mass is 9.78. The van der Waals surface area contributed by atoms with Crippen molar-refractivity contribution in [3.05, 3.63) is 17.3 Å². The summed E-state index contributed by atoms with van der Waals surface area (Å²) < 4.78 is 0. The molecule has 0 aromatic carbocycles. The minimum atomic E-state index is 0.465. The molecule has 1 aliphatic rings. The first-order valence-corrected chi connectivity index (χ1v) is 7.14. The molecule has 0 saturated heterocycles. The molecule has 100 valence electrons. The van der Waals surface area contributed by atoms with E-state index in [0.29, 0.717) is 28.7 Å². The van der Waals surface area contributed by atoms with Crippen LogP contribution >= 0.6 is 11.6 Å². The number of nitrogens with one attached hydrogen (secondary N) is 1. The predicted molar refractivity (Wildman–Crippen MR) is 77.9 cm³/mol. The Labute approximate surface area is 114 Å². The van der Waals surface area contributed by atoms with Crippen LogP contribution in [-0.4, -0.2) is 11.0 Å². The van der Waals surface area contributed by atoms with Crippen LogP contribution in [0.25, 0.3) is 0 Å². The molecule has 0 radical (unpaired) electrons. The fourth-order valence-corrected chi connectivity index (χ4v) is 3.02.